The first kappa shape index (κ1) is 7.72. The van der Waals surface area contributed by atoms with Gasteiger partial charge in [-0.3, -0.25) is 0 Å². The van der Waals surface area contributed by atoms with Gasteiger partial charge in [0.05, 0.1) is 0 Å². The van der Waals surface area contributed by atoms with Gasteiger partial charge in [0.15, 0.2) is 0 Å². The van der Waals surface area contributed by atoms with Gasteiger partial charge in [0.25, 0.3) is 0 Å². The number of rotatable bonds is 1. The van der Waals surface area contributed by atoms with Crippen LogP contribution in [0.1, 0.15) is 0 Å². The Kier molecular flexibility index (Phi) is 2.36. The van der Waals surface area contributed by atoms with Crippen molar-refractivity contribution in [3.8, 4) is 0 Å². The molecule has 2 aliphatic rings. The van der Waals surface area contributed by atoms with Gasteiger partial charge in [-0.15, -0.1) is 12.0 Å². The molecule has 0 aromatic carbocycles. The highest BCUT2D eigenvalue weighted by atomic mass is 13.8. The molecule has 56 valence electrons. The van der Waals surface area contributed by atoms with Crippen molar-refractivity contribution in [3.05, 3.63) is 61.0 Å². The van der Waals surface area contributed by atoms with Crippen molar-refractivity contribution in [1.29, 1.82) is 0 Å². The predicted molar refractivity (Wildman–Crippen MR) is 56.7 cm³/mol. The zero-order valence-corrected chi connectivity index (χ0v) is 6.93. The van der Waals surface area contributed by atoms with Gasteiger partial charge in [-0.1, -0.05) is 36.5 Å². The number of allylic oxidation sites excluding steroid dienone is 6. The molecule has 0 saturated carbocycles. The van der Waals surface area contributed by atoms with Crippen molar-refractivity contribution < 1.29 is 0 Å². The topological polar surface area (TPSA) is 0 Å². The van der Waals surface area contributed by atoms with Gasteiger partial charge >= 0.3 is 0 Å². The largest absolute Gasteiger partial charge is 0.149 e. The third-order valence-corrected chi connectivity index (χ3v) is 2.22. The highest BCUT2D eigenvalue weighted by Gasteiger charge is 2.23. The highest BCUT2D eigenvalue weighted by molar-refractivity contribution is 7.30. The zero-order valence-electron chi connectivity index (χ0n) is 6.93. The van der Waals surface area contributed by atoms with Crippen molar-refractivity contribution in [2.75, 3.05) is 0 Å². The lowest BCUT2D eigenvalue weighted by Crippen LogP contribution is -2.34. The molecule has 0 aromatic rings. The van der Waals surface area contributed by atoms with Gasteiger partial charge < -0.3 is 0 Å². The lowest BCUT2D eigenvalue weighted by Gasteiger charge is -2.15. The molecule has 0 atom stereocenters. The molecule has 0 saturated heterocycles. The Labute approximate surface area is 74.9 Å². The second-order valence-corrected chi connectivity index (χ2v) is 3.08. The van der Waals surface area contributed by atoms with Crippen LogP contribution in [0.3, 0.4) is 0 Å². The molecule has 0 amide bonds. The molecule has 2 rings (SSSR count). The summed E-state index contributed by atoms with van der Waals surface area (Å²) in [4.78, 5) is 0. The predicted octanol–water partition coefficient (Wildman–Crippen LogP) is 1.87. The summed E-state index contributed by atoms with van der Waals surface area (Å²) < 4.78 is 0. The summed E-state index contributed by atoms with van der Waals surface area (Å²) in [6.45, 7) is 1.10. The molecule has 2 heteroatoms. The summed E-state index contributed by atoms with van der Waals surface area (Å²) in [6, 6.07) is 0. The molecule has 0 nitrogen and oxygen atoms in total. The van der Waals surface area contributed by atoms with E-state index in [4.69, 9.17) is 0 Å². The average Bonchev–Trinajstić information content (AvgIpc) is 2.21. The average molecular weight is 152 g/mol. The highest BCUT2D eigenvalue weighted by Crippen LogP contribution is 2.10. The van der Waals surface area contributed by atoms with Crippen LogP contribution >= 0.6 is 0 Å². The standard InChI is InChI=1S/C10H10B2/c1-3-7-11(8-4-1)12-9-5-2-6-10-12/h1-10H. The maximum Gasteiger partial charge on any atom is 0.149 e. The molecule has 0 aromatic heterocycles. The van der Waals surface area contributed by atoms with Gasteiger partial charge in [0, 0.05) is 0 Å². The van der Waals surface area contributed by atoms with E-state index in [1.165, 1.54) is 0 Å². The van der Waals surface area contributed by atoms with Crippen LogP contribution in [0.2, 0.25) is 0 Å². The van der Waals surface area contributed by atoms with E-state index in [-0.39, 0.29) is 0 Å². The summed E-state index contributed by atoms with van der Waals surface area (Å²) in [6.07, 6.45) is 17.1. The molecular weight excluding hydrogens is 142 g/mol. The fourth-order valence-electron chi connectivity index (χ4n) is 1.54. The first-order valence-electron chi connectivity index (χ1n) is 4.33. The molecule has 0 N–H and O–H groups in total. The van der Waals surface area contributed by atoms with E-state index in [9.17, 15) is 0 Å². The van der Waals surface area contributed by atoms with Crippen molar-refractivity contribution in [3.63, 3.8) is 0 Å². The molecule has 12 heavy (non-hydrogen) atoms. The summed E-state index contributed by atoms with van der Waals surface area (Å²) in [5.41, 5.74) is 0. The lowest BCUT2D eigenvalue weighted by atomic mass is 9.06. The van der Waals surface area contributed by atoms with Gasteiger partial charge in [0.2, 0.25) is 0 Å². The van der Waals surface area contributed by atoms with Crippen LogP contribution in [0.5, 0.6) is 0 Å². The first-order valence-corrected chi connectivity index (χ1v) is 4.33. The number of hydrogen-bond acceptors (Lipinski definition) is 0. The molecule has 0 bridgehead atoms. The molecule has 2 heterocycles. The Balaban J connectivity index is 2.01. The SMILES string of the molecule is [CH]1C=CC=CB1B1[CH]C=CC=C1. The maximum absolute atomic E-state index is 2.24. The van der Waals surface area contributed by atoms with Gasteiger partial charge in [-0.25, -0.2) is 0 Å². The van der Waals surface area contributed by atoms with Crippen LogP contribution in [-0.2, 0) is 0 Å². The number of hydrogen-bond donors (Lipinski definition) is 0. The zero-order chi connectivity index (χ0) is 8.23. The van der Waals surface area contributed by atoms with E-state index < -0.39 is 0 Å². The van der Waals surface area contributed by atoms with Gasteiger partial charge in [-0.05, 0) is 12.6 Å². The molecule has 0 spiro atoms. The van der Waals surface area contributed by atoms with E-state index in [1.54, 1.807) is 0 Å². The summed E-state index contributed by atoms with van der Waals surface area (Å²) >= 11 is 0. The van der Waals surface area contributed by atoms with E-state index in [1.807, 2.05) is 0 Å². The van der Waals surface area contributed by atoms with Gasteiger partial charge in [0.1, 0.15) is 13.2 Å². The van der Waals surface area contributed by atoms with Crippen LogP contribution < -0.4 is 0 Å². The summed E-state index contributed by atoms with van der Waals surface area (Å²) in [5, 5.41) is 0. The monoisotopic (exact) mass is 152 g/mol. The fraction of sp³-hybridized carbons (Fsp3) is 0. The van der Waals surface area contributed by atoms with E-state index >= 15 is 0 Å². The van der Waals surface area contributed by atoms with Crippen LogP contribution in [0, 0.1) is 12.6 Å². The Bertz CT molecular complexity index is 233. The maximum atomic E-state index is 2.24. The van der Waals surface area contributed by atoms with Crippen LogP contribution in [0.25, 0.3) is 0 Å². The Morgan fingerprint density at radius 1 is 0.500 bits per heavy atom. The Hall–Kier alpha value is -0.910. The lowest BCUT2D eigenvalue weighted by molar-refractivity contribution is 1.80. The summed E-state index contributed by atoms with van der Waals surface area (Å²) in [5.74, 6) is 4.48. The smallest absolute Gasteiger partial charge is 0.122 e. The second kappa shape index (κ2) is 3.66. The molecule has 2 aliphatic heterocycles. The quantitative estimate of drug-likeness (QED) is 0.503. The molecular formula is C10H10B2. The van der Waals surface area contributed by atoms with Crippen LogP contribution in [0.4, 0.5) is 0 Å². The summed E-state index contributed by atoms with van der Waals surface area (Å²) in [7, 11) is 0. The Morgan fingerprint density at radius 3 is 1.33 bits per heavy atom. The molecule has 0 fully saturated rings. The van der Waals surface area contributed by atoms with Crippen molar-refractivity contribution in [2.45, 2.75) is 0 Å². The molecule has 0 aliphatic carbocycles. The third-order valence-electron chi connectivity index (χ3n) is 2.22. The van der Waals surface area contributed by atoms with Gasteiger partial charge in [-0.2, -0.15) is 0 Å². The fourth-order valence-corrected chi connectivity index (χ4v) is 1.54. The van der Waals surface area contributed by atoms with E-state index in [0.29, 0.717) is 13.2 Å². The van der Waals surface area contributed by atoms with E-state index in [2.05, 4.69) is 61.0 Å². The first-order chi connectivity index (χ1) is 5.97. The molecule has 0 unspecified atom stereocenters. The van der Waals surface area contributed by atoms with E-state index in [0.717, 1.165) is 0 Å². The second-order valence-electron chi connectivity index (χ2n) is 3.08. The molecule has 2 radical (unpaired) electrons. The normalized spacial score (nSPS) is 20.7. The minimum Gasteiger partial charge on any atom is -0.122 e. The minimum atomic E-state index is 0.552. The van der Waals surface area contributed by atoms with Crippen molar-refractivity contribution in [1.82, 2.24) is 0 Å². The Morgan fingerprint density at radius 2 is 1.00 bits per heavy atom. The van der Waals surface area contributed by atoms with Crippen LogP contribution in [-0.4, -0.2) is 13.2 Å². The van der Waals surface area contributed by atoms with Crippen molar-refractivity contribution >= 4 is 13.2 Å². The van der Waals surface area contributed by atoms with Crippen LogP contribution in [0.15, 0.2) is 48.4 Å². The van der Waals surface area contributed by atoms with Crippen molar-refractivity contribution in [2.24, 2.45) is 0 Å². The minimum absolute atomic E-state index is 0.552. The third kappa shape index (κ3) is 1.63.